The Labute approximate surface area is 135 Å². The van der Waals surface area contributed by atoms with Crippen LogP contribution in [0, 0.1) is 0 Å². The van der Waals surface area contributed by atoms with Gasteiger partial charge in [0.2, 0.25) is 5.88 Å². The molecule has 6 heteroatoms. The molecule has 3 heterocycles. The van der Waals surface area contributed by atoms with Gasteiger partial charge in [-0.1, -0.05) is 13.0 Å². The fraction of sp³-hybridized carbons (Fsp3) is 0.471. The van der Waals surface area contributed by atoms with Gasteiger partial charge in [0.05, 0.1) is 18.4 Å². The Morgan fingerprint density at radius 3 is 2.96 bits per heavy atom. The van der Waals surface area contributed by atoms with Crippen molar-refractivity contribution in [3.05, 3.63) is 51.3 Å². The standard InChI is InChI=1S/C17H22N4O2/c1-3-4-15-19-14-7-8-21(11-13(14)17(22)20-15)10-12-5-6-16(23-2)18-9-12/h5-6,9H,3-4,7-8,10-11H2,1-2H3,(H,19,20,22). The van der Waals surface area contributed by atoms with Crippen LogP contribution in [0.1, 0.15) is 36.0 Å². The van der Waals surface area contributed by atoms with Gasteiger partial charge < -0.3 is 9.72 Å². The summed E-state index contributed by atoms with van der Waals surface area (Å²) in [4.78, 5) is 26.3. The number of pyridine rings is 1. The molecule has 6 nitrogen and oxygen atoms in total. The average molecular weight is 314 g/mol. The summed E-state index contributed by atoms with van der Waals surface area (Å²) >= 11 is 0. The molecule has 0 saturated carbocycles. The lowest BCUT2D eigenvalue weighted by Gasteiger charge is -2.27. The molecule has 0 aromatic carbocycles. The van der Waals surface area contributed by atoms with E-state index in [4.69, 9.17) is 4.74 Å². The molecule has 2 aromatic heterocycles. The van der Waals surface area contributed by atoms with Crippen molar-refractivity contribution in [2.75, 3.05) is 13.7 Å². The number of methoxy groups -OCH3 is 1. The normalized spacial score (nSPS) is 14.5. The minimum absolute atomic E-state index is 0.0102. The fourth-order valence-electron chi connectivity index (χ4n) is 2.91. The molecule has 1 aliphatic heterocycles. The Morgan fingerprint density at radius 1 is 1.39 bits per heavy atom. The van der Waals surface area contributed by atoms with Gasteiger partial charge in [-0.05, 0) is 12.0 Å². The van der Waals surface area contributed by atoms with Crippen LogP contribution in [0.5, 0.6) is 5.88 Å². The van der Waals surface area contributed by atoms with E-state index in [9.17, 15) is 4.79 Å². The zero-order valence-corrected chi connectivity index (χ0v) is 13.6. The highest BCUT2D eigenvalue weighted by molar-refractivity contribution is 5.22. The van der Waals surface area contributed by atoms with Crippen molar-refractivity contribution >= 4 is 0 Å². The summed E-state index contributed by atoms with van der Waals surface area (Å²) in [6.45, 7) is 4.40. The largest absolute Gasteiger partial charge is 0.481 e. The van der Waals surface area contributed by atoms with Crippen LogP contribution >= 0.6 is 0 Å². The van der Waals surface area contributed by atoms with Gasteiger partial charge in [-0.3, -0.25) is 9.69 Å². The average Bonchev–Trinajstić information content (AvgIpc) is 2.56. The number of aryl methyl sites for hydroxylation is 1. The van der Waals surface area contributed by atoms with Gasteiger partial charge in [0.15, 0.2) is 0 Å². The summed E-state index contributed by atoms with van der Waals surface area (Å²) < 4.78 is 5.07. The number of aromatic amines is 1. The monoisotopic (exact) mass is 314 g/mol. The highest BCUT2D eigenvalue weighted by atomic mass is 16.5. The van der Waals surface area contributed by atoms with E-state index >= 15 is 0 Å². The van der Waals surface area contributed by atoms with E-state index in [2.05, 4.69) is 26.8 Å². The second-order valence-corrected chi connectivity index (χ2v) is 5.86. The Hall–Kier alpha value is -2.21. The highest BCUT2D eigenvalue weighted by Gasteiger charge is 2.21. The van der Waals surface area contributed by atoms with E-state index in [1.54, 1.807) is 7.11 Å². The molecule has 0 aliphatic carbocycles. The molecule has 0 amide bonds. The summed E-state index contributed by atoms with van der Waals surface area (Å²) in [7, 11) is 1.61. The molecule has 0 atom stereocenters. The molecule has 23 heavy (non-hydrogen) atoms. The van der Waals surface area contributed by atoms with E-state index in [1.165, 1.54) is 0 Å². The first-order chi connectivity index (χ1) is 11.2. The molecular formula is C17H22N4O2. The molecule has 0 unspecified atom stereocenters. The number of H-pyrrole nitrogens is 1. The SMILES string of the molecule is CCCc1nc2c(c(=O)[nH]1)CN(Cc1ccc(OC)nc1)CC2. The molecule has 3 rings (SSSR count). The second kappa shape index (κ2) is 6.91. The van der Waals surface area contributed by atoms with Crippen LogP contribution in [0.3, 0.4) is 0 Å². The Kier molecular flexibility index (Phi) is 4.71. The molecule has 0 spiro atoms. The van der Waals surface area contributed by atoms with Gasteiger partial charge in [0.1, 0.15) is 5.82 Å². The molecule has 0 bridgehead atoms. The van der Waals surface area contributed by atoms with E-state index in [-0.39, 0.29) is 5.56 Å². The molecule has 0 saturated heterocycles. The first-order valence-corrected chi connectivity index (χ1v) is 8.01. The minimum atomic E-state index is 0.0102. The molecule has 0 radical (unpaired) electrons. The van der Waals surface area contributed by atoms with Gasteiger partial charge >= 0.3 is 0 Å². The van der Waals surface area contributed by atoms with Gasteiger partial charge in [-0.15, -0.1) is 0 Å². The van der Waals surface area contributed by atoms with E-state index in [1.807, 2.05) is 18.3 Å². The van der Waals surface area contributed by atoms with Crippen molar-refractivity contribution in [3.8, 4) is 5.88 Å². The van der Waals surface area contributed by atoms with Crippen LogP contribution in [-0.4, -0.2) is 33.5 Å². The molecular weight excluding hydrogens is 292 g/mol. The van der Waals surface area contributed by atoms with Gasteiger partial charge in [-0.2, -0.15) is 0 Å². The van der Waals surface area contributed by atoms with Gasteiger partial charge in [0.25, 0.3) is 5.56 Å². The van der Waals surface area contributed by atoms with Crippen LogP contribution in [-0.2, 0) is 25.9 Å². The number of hydrogen-bond acceptors (Lipinski definition) is 5. The molecule has 1 aliphatic rings. The third-order valence-electron chi connectivity index (χ3n) is 4.10. The maximum atomic E-state index is 12.3. The lowest BCUT2D eigenvalue weighted by Crippen LogP contribution is -2.35. The number of hydrogen-bond donors (Lipinski definition) is 1. The van der Waals surface area contributed by atoms with Gasteiger partial charge in [0, 0.05) is 44.7 Å². The maximum Gasteiger partial charge on any atom is 0.255 e. The van der Waals surface area contributed by atoms with Crippen molar-refractivity contribution in [1.82, 2.24) is 19.9 Å². The third-order valence-corrected chi connectivity index (χ3v) is 4.10. The summed E-state index contributed by atoms with van der Waals surface area (Å²) in [5, 5.41) is 0. The fourth-order valence-corrected chi connectivity index (χ4v) is 2.91. The molecule has 1 N–H and O–H groups in total. The topological polar surface area (TPSA) is 71.1 Å². The van der Waals surface area contributed by atoms with E-state index in [0.29, 0.717) is 12.4 Å². The van der Waals surface area contributed by atoms with Crippen LogP contribution in [0.4, 0.5) is 0 Å². The molecule has 0 fully saturated rings. The van der Waals surface area contributed by atoms with Crippen molar-refractivity contribution in [2.24, 2.45) is 0 Å². The van der Waals surface area contributed by atoms with Crippen molar-refractivity contribution in [1.29, 1.82) is 0 Å². The number of aromatic nitrogens is 3. The smallest absolute Gasteiger partial charge is 0.255 e. The maximum absolute atomic E-state index is 12.3. The number of nitrogens with zero attached hydrogens (tertiary/aromatic N) is 3. The lowest BCUT2D eigenvalue weighted by molar-refractivity contribution is 0.241. The predicted octanol–water partition coefficient (Wildman–Crippen LogP) is 1.68. The first kappa shape index (κ1) is 15.7. The van der Waals surface area contributed by atoms with Crippen LogP contribution in [0.2, 0.25) is 0 Å². The third kappa shape index (κ3) is 3.59. The van der Waals surface area contributed by atoms with Crippen LogP contribution in [0.15, 0.2) is 23.1 Å². The van der Waals surface area contributed by atoms with E-state index < -0.39 is 0 Å². The number of rotatable bonds is 5. The van der Waals surface area contributed by atoms with Gasteiger partial charge in [-0.25, -0.2) is 9.97 Å². The van der Waals surface area contributed by atoms with Crippen molar-refractivity contribution in [3.63, 3.8) is 0 Å². The Morgan fingerprint density at radius 2 is 2.26 bits per heavy atom. The van der Waals surface area contributed by atoms with Crippen LogP contribution in [0.25, 0.3) is 0 Å². The number of nitrogens with one attached hydrogen (secondary N) is 1. The zero-order valence-electron chi connectivity index (χ0n) is 13.6. The summed E-state index contributed by atoms with van der Waals surface area (Å²) in [6, 6.07) is 3.87. The first-order valence-electron chi connectivity index (χ1n) is 8.01. The van der Waals surface area contributed by atoms with E-state index in [0.717, 1.165) is 55.0 Å². The Balaban J connectivity index is 1.73. The second-order valence-electron chi connectivity index (χ2n) is 5.86. The quantitative estimate of drug-likeness (QED) is 0.909. The predicted molar refractivity (Wildman–Crippen MR) is 87.5 cm³/mol. The van der Waals surface area contributed by atoms with Crippen LogP contribution < -0.4 is 10.3 Å². The molecule has 122 valence electrons. The van der Waals surface area contributed by atoms with Crippen molar-refractivity contribution < 1.29 is 4.74 Å². The molecule has 2 aromatic rings. The Bertz CT molecular complexity index is 724. The summed E-state index contributed by atoms with van der Waals surface area (Å²) in [5.41, 5.74) is 2.89. The minimum Gasteiger partial charge on any atom is -0.481 e. The lowest BCUT2D eigenvalue weighted by atomic mass is 10.1. The number of fused-ring (bicyclic) bond motifs is 1. The summed E-state index contributed by atoms with van der Waals surface area (Å²) in [6.07, 6.45) is 4.45. The number of ether oxygens (including phenoxy) is 1. The highest BCUT2D eigenvalue weighted by Crippen LogP contribution is 2.17. The zero-order chi connectivity index (χ0) is 16.2. The van der Waals surface area contributed by atoms with Crippen molar-refractivity contribution in [2.45, 2.75) is 39.3 Å². The summed E-state index contributed by atoms with van der Waals surface area (Å²) in [5.74, 6) is 1.42.